The molecule has 6 nitrogen and oxygen atoms in total. The topological polar surface area (TPSA) is 84.5 Å². The van der Waals surface area contributed by atoms with Crippen LogP contribution < -0.4 is 10.8 Å². The number of carbonyl (C=O) groups is 1. The summed E-state index contributed by atoms with van der Waals surface area (Å²) in [6.45, 7) is 0. The Kier molecular flexibility index (Phi) is 2.56. The Morgan fingerprint density at radius 3 is 2.31 bits per heavy atom. The molecule has 2 rings (SSSR count). The van der Waals surface area contributed by atoms with Crippen molar-refractivity contribution >= 4 is 15.9 Å². The van der Waals surface area contributed by atoms with Crippen molar-refractivity contribution in [2.75, 3.05) is 6.26 Å². The Hall–Kier alpha value is -1.60. The van der Waals surface area contributed by atoms with Gasteiger partial charge in [-0.15, -0.1) is 5.48 Å². The molecule has 1 unspecified atom stereocenters. The second kappa shape index (κ2) is 3.76. The minimum Gasteiger partial charge on any atom is -0.351 e. The summed E-state index contributed by atoms with van der Waals surface area (Å²) in [5, 5.41) is 2.51. The summed E-state index contributed by atoms with van der Waals surface area (Å²) in [7, 11) is -3.19. The predicted molar refractivity (Wildman–Crippen MR) is 55.0 cm³/mol. The standard InChI is InChI=1S/C9H10N2O4S/c1-16(13,14)7-4-2-6(3-5-7)8-10-9(12)15-11-8/h2-5,8,11H,1H3,(H,10,12). The first-order valence-electron chi connectivity index (χ1n) is 4.50. The first-order chi connectivity index (χ1) is 7.47. The van der Waals surface area contributed by atoms with E-state index in [0.29, 0.717) is 0 Å². The molecular formula is C9H10N2O4S. The molecule has 0 radical (unpaired) electrons. The van der Waals surface area contributed by atoms with Crippen molar-refractivity contribution in [1.82, 2.24) is 10.8 Å². The highest BCUT2D eigenvalue weighted by Crippen LogP contribution is 2.16. The normalized spacial score (nSPS) is 20.3. The van der Waals surface area contributed by atoms with Crippen molar-refractivity contribution in [2.45, 2.75) is 11.1 Å². The van der Waals surface area contributed by atoms with Crippen LogP contribution in [0.15, 0.2) is 29.2 Å². The molecule has 7 heteroatoms. The van der Waals surface area contributed by atoms with Crippen LogP contribution in [0, 0.1) is 0 Å². The highest BCUT2D eigenvalue weighted by atomic mass is 32.2. The summed E-state index contributed by atoms with van der Waals surface area (Å²) in [4.78, 5) is 15.5. The molecule has 1 aliphatic rings. The van der Waals surface area contributed by atoms with Crippen LogP contribution in [-0.2, 0) is 14.7 Å². The van der Waals surface area contributed by atoms with Gasteiger partial charge in [-0.05, 0) is 17.7 Å². The third-order valence-electron chi connectivity index (χ3n) is 2.17. The molecule has 1 aliphatic heterocycles. The molecule has 1 amide bonds. The molecule has 2 N–H and O–H groups in total. The van der Waals surface area contributed by atoms with Crippen LogP contribution in [0.1, 0.15) is 11.7 Å². The number of hydroxylamine groups is 1. The molecule has 1 heterocycles. The van der Waals surface area contributed by atoms with E-state index in [1.54, 1.807) is 12.1 Å². The van der Waals surface area contributed by atoms with Crippen molar-refractivity contribution in [3.8, 4) is 0 Å². The minimum absolute atomic E-state index is 0.237. The third kappa shape index (κ3) is 2.15. The smallest absolute Gasteiger partial charge is 0.351 e. The molecule has 1 fully saturated rings. The van der Waals surface area contributed by atoms with E-state index in [2.05, 4.69) is 15.6 Å². The quantitative estimate of drug-likeness (QED) is 0.780. The van der Waals surface area contributed by atoms with E-state index in [1.807, 2.05) is 0 Å². The van der Waals surface area contributed by atoms with Crippen LogP contribution in [0.5, 0.6) is 0 Å². The molecule has 0 saturated carbocycles. The average Bonchev–Trinajstić information content (AvgIpc) is 2.64. The number of benzene rings is 1. The summed E-state index contributed by atoms with van der Waals surface area (Å²) < 4.78 is 22.4. The van der Waals surface area contributed by atoms with Crippen LogP contribution in [0.4, 0.5) is 4.79 Å². The van der Waals surface area contributed by atoms with E-state index in [-0.39, 0.29) is 4.90 Å². The maximum atomic E-state index is 11.2. The second-order valence-corrected chi connectivity index (χ2v) is 5.44. The van der Waals surface area contributed by atoms with Crippen molar-refractivity contribution < 1.29 is 18.0 Å². The van der Waals surface area contributed by atoms with E-state index in [4.69, 9.17) is 0 Å². The monoisotopic (exact) mass is 242 g/mol. The number of sulfone groups is 1. The van der Waals surface area contributed by atoms with Crippen LogP contribution in [-0.4, -0.2) is 20.8 Å². The Balaban J connectivity index is 2.23. The number of rotatable bonds is 2. The van der Waals surface area contributed by atoms with E-state index in [0.717, 1.165) is 11.8 Å². The molecule has 16 heavy (non-hydrogen) atoms. The Bertz CT molecular complexity index is 509. The first kappa shape index (κ1) is 10.9. The van der Waals surface area contributed by atoms with Gasteiger partial charge >= 0.3 is 6.09 Å². The summed E-state index contributed by atoms with van der Waals surface area (Å²) in [6.07, 6.45) is 0.138. The molecule has 1 saturated heterocycles. The van der Waals surface area contributed by atoms with Gasteiger partial charge in [0.2, 0.25) is 0 Å². The van der Waals surface area contributed by atoms with Crippen LogP contribution in [0.2, 0.25) is 0 Å². The van der Waals surface area contributed by atoms with Gasteiger partial charge in [0, 0.05) is 6.26 Å². The lowest BCUT2D eigenvalue weighted by atomic mass is 10.2. The fourth-order valence-corrected chi connectivity index (χ4v) is 1.98. The van der Waals surface area contributed by atoms with Gasteiger partial charge in [0.25, 0.3) is 0 Å². The van der Waals surface area contributed by atoms with Gasteiger partial charge in [0.05, 0.1) is 4.90 Å². The summed E-state index contributed by atoms with van der Waals surface area (Å²) in [5.74, 6) is 0. The Morgan fingerprint density at radius 1 is 1.25 bits per heavy atom. The van der Waals surface area contributed by atoms with Crippen molar-refractivity contribution in [3.63, 3.8) is 0 Å². The lowest BCUT2D eigenvalue weighted by molar-refractivity contribution is 0.121. The van der Waals surface area contributed by atoms with Crippen LogP contribution in [0.3, 0.4) is 0 Å². The average molecular weight is 242 g/mol. The van der Waals surface area contributed by atoms with Crippen molar-refractivity contribution in [3.05, 3.63) is 29.8 Å². The zero-order chi connectivity index (χ0) is 11.8. The highest BCUT2D eigenvalue weighted by molar-refractivity contribution is 7.90. The lowest BCUT2D eigenvalue weighted by Crippen LogP contribution is -2.22. The molecule has 0 aromatic heterocycles. The summed E-state index contributed by atoms with van der Waals surface area (Å²) in [6, 6.07) is 6.19. The number of nitrogens with one attached hydrogen (secondary N) is 2. The molecule has 0 aliphatic carbocycles. The molecular weight excluding hydrogens is 232 g/mol. The van der Waals surface area contributed by atoms with E-state index < -0.39 is 22.1 Å². The zero-order valence-corrected chi connectivity index (χ0v) is 9.24. The van der Waals surface area contributed by atoms with Gasteiger partial charge < -0.3 is 4.84 Å². The number of hydrogen-bond acceptors (Lipinski definition) is 5. The largest absolute Gasteiger partial charge is 0.427 e. The fraction of sp³-hybridized carbons (Fsp3) is 0.222. The van der Waals surface area contributed by atoms with Gasteiger partial charge in [0.15, 0.2) is 9.84 Å². The third-order valence-corrected chi connectivity index (χ3v) is 3.30. The SMILES string of the molecule is CS(=O)(=O)c1ccc(C2NOC(=O)N2)cc1. The molecule has 1 atom stereocenters. The van der Waals surface area contributed by atoms with Crippen molar-refractivity contribution in [2.24, 2.45) is 0 Å². The first-order valence-corrected chi connectivity index (χ1v) is 6.39. The molecule has 1 aromatic rings. The van der Waals surface area contributed by atoms with E-state index in [9.17, 15) is 13.2 Å². The molecule has 0 spiro atoms. The van der Waals surface area contributed by atoms with Gasteiger partial charge in [-0.1, -0.05) is 12.1 Å². The number of amides is 1. The lowest BCUT2D eigenvalue weighted by Gasteiger charge is -2.08. The predicted octanol–water partition coefficient (Wildman–Crippen LogP) is 0.333. The Morgan fingerprint density at radius 2 is 1.88 bits per heavy atom. The number of hydrogen-bond donors (Lipinski definition) is 2. The summed E-state index contributed by atoms with van der Waals surface area (Å²) in [5.41, 5.74) is 3.19. The van der Waals surface area contributed by atoms with Gasteiger partial charge in [0.1, 0.15) is 6.17 Å². The van der Waals surface area contributed by atoms with Crippen LogP contribution in [0.25, 0.3) is 0 Å². The maximum absolute atomic E-state index is 11.2. The van der Waals surface area contributed by atoms with Gasteiger partial charge in [-0.2, -0.15) is 0 Å². The minimum atomic E-state index is -3.19. The van der Waals surface area contributed by atoms with Gasteiger partial charge in [-0.25, -0.2) is 13.2 Å². The summed E-state index contributed by atoms with van der Waals surface area (Å²) >= 11 is 0. The van der Waals surface area contributed by atoms with E-state index in [1.165, 1.54) is 12.1 Å². The number of carbonyl (C=O) groups excluding carboxylic acids is 1. The Labute approximate surface area is 92.5 Å². The highest BCUT2D eigenvalue weighted by Gasteiger charge is 2.23. The second-order valence-electron chi connectivity index (χ2n) is 3.43. The zero-order valence-electron chi connectivity index (χ0n) is 8.43. The molecule has 0 bridgehead atoms. The fourth-order valence-electron chi connectivity index (χ4n) is 1.35. The van der Waals surface area contributed by atoms with Gasteiger partial charge in [-0.3, -0.25) is 5.32 Å². The molecule has 1 aromatic carbocycles. The van der Waals surface area contributed by atoms with Crippen LogP contribution >= 0.6 is 0 Å². The maximum Gasteiger partial charge on any atom is 0.427 e. The molecule has 86 valence electrons. The van der Waals surface area contributed by atoms with Crippen molar-refractivity contribution in [1.29, 1.82) is 0 Å². The van der Waals surface area contributed by atoms with E-state index >= 15 is 0 Å².